The molecular weight excluding hydrogens is 266 g/mol. The molecule has 1 aromatic heterocycles. The van der Waals surface area contributed by atoms with Gasteiger partial charge in [-0.15, -0.1) is 6.58 Å². The number of sulfonamides is 1. The lowest BCUT2D eigenvalue weighted by molar-refractivity contribution is -0.119. The van der Waals surface area contributed by atoms with Crippen LogP contribution in [0.4, 0.5) is 5.69 Å². The fraction of sp³-hybridized carbons (Fsp3) is 0.333. The van der Waals surface area contributed by atoms with E-state index >= 15 is 0 Å². The molecule has 0 fully saturated rings. The number of hydrogen-bond acceptors (Lipinski definition) is 4. The minimum absolute atomic E-state index is 0.213. The molecule has 104 valence electrons. The number of nitrogens with zero attached hydrogens (tertiary/aromatic N) is 1. The topological polar surface area (TPSA) is 102 Å². The Balaban J connectivity index is 2.83. The Labute approximate surface area is 112 Å². The summed E-state index contributed by atoms with van der Waals surface area (Å²) >= 11 is 0. The molecule has 0 radical (unpaired) electrons. The number of primary sulfonamides is 1. The van der Waals surface area contributed by atoms with Gasteiger partial charge in [0.15, 0.2) is 5.03 Å². The van der Waals surface area contributed by atoms with E-state index in [1.165, 1.54) is 18.3 Å². The largest absolute Gasteiger partial charge is 0.326 e. The van der Waals surface area contributed by atoms with Crippen LogP contribution in [0.3, 0.4) is 0 Å². The zero-order valence-corrected chi connectivity index (χ0v) is 11.7. The number of hydrogen-bond donors (Lipinski definition) is 2. The van der Waals surface area contributed by atoms with Gasteiger partial charge in [0.1, 0.15) is 0 Å². The van der Waals surface area contributed by atoms with E-state index in [1.807, 2.05) is 6.92 Å². The molecule has 1 heterocycles. The molecule has 0 saturated heterocycles. The zero-order chi connectivity index (χ0) is 14.6. The highest BCUT2D eigenvalue weighted by molar-refractivity contribution is 7.89. The second kappa shape index (κ2) is 5.94. The van der Waals surface area contributed by atoms with Gasteiger partial charge >= 0.3 is 0 Å². The first-order valence-electron chi connectivity index (χ1n) is 5.64. The van der Waals surface area contributed by atoms with E-state index in [-0.39, 0.29) is 16.9 Å². The molecule has 1 rings (SSSR count). The van der Waals surface area contributed by atoms with E-state index in [0.29, 0.717) is 12.1 Å². The van der Waals surface area contributed by atoms with E-state index in [2.05, 4.69) is 16.9 Å². The Bertz CT molecular complexity index is 596. The smallest absolute Gasteiger partial charge is 0.255 e. The highest BCUT2D eigenvalue weighted by Crippen LogP contribution is 2.15. The van der Waals surface area contributed by atoms with Crippen LogP contribution in [-0.4, -0.2) is 19.3 Å². The highest BCUT2D eigenvalue weighted by atomic mass is 32.2. The molecule has 1 atom stereocenters. The van der Waals surface area contributed by atoms with Crippen LogP contribution in [0.15, 0.2) is 35.5 Å². The number of pyridine rings is 1. The number of aromatic nitrogens is 1. The predicted molar refractivity (Wildman–Crippen MR) is 72.8 cm³/mol. The molecule has 3 N–H and O–H groups in total. The Kier molecular flexibility index (Phi) is 4.79. The Morgan fingerprint density at radius 1 is 1.58 bits per heavy atom. The Morgan fingerprint density at radius 3 is 2.74 bits per heavy atom. The molecular formula is C12H17N3O3S. The van der Waals surface area contributed by atoms with E-state index in [4.69, 9.17) is 5.14 Å². The van der Waals surface area contributed by atoms with Crippen LogP contribution in [0, 0.1) is 5.92 Å². The van der Waals surface area contributed by atoms with Gasteiger partial charge in [0, 0.05) is 23.9 Å². The maximum absolute atomic E-state index is 11.9. The van der Waals surface area contributed by atoms with Crippen molar-refractivity contribution >= 4 is 21.6 Å². The van der Waals surface area contributed by atoms with Crippen LogP contribution in [-0.2, 0) is 14.8 Å². The standard InChI is InChI=1S/C12H17N3O3S/c1-8(2)6-9(3)12(16)15-10-4-5-14-11(7-10)19(13,17)18/h4-5,7,9H,1,6H2,2-3H3,(H2,13,17,18)(H,14,15,16). The number of amides is 1. The van der Waals surface area contributed by atoms with Crippen LogP contribution in [0.25, 0.3) is 0 Å². The van der Waals surface area contributed by atoms with Gasteiger partial charge in [-0.2, -0.15) is 0 Å². The van der Waals surface area contributed by atoms with Crippen LogP contribution >= 0.6 is 0 Å². The van der Waals surface area contributed by atoms with Crippen LogP contribution in [0.1, 0.15) is 20.3 Å². The first-order valence-corrected chi connectivity index (χ1v) is 7.19. The maximum Gasteiger partial charge on any atom is 0.255 e. The summed E-state index contributed by atoms with van der Waals surface area (Å²) in [5.41, 5.74) is 1.25. The van der Waals surface area contributed by atoms with Gasteiger partial charge in [0.25, 0.3) is 10.0 Å². The molecule has 0 bridgehead atoms. The third kappa shape index (κ3) is 4.80. The van der Waals surface area contributed by atoms with Crippen molar-refractivity contribution in [3.8, 4) is 0 Å². The van der Waals surface area contributed by atoms with Crippen molar-refractivity contribution in [2.45, 2.75) is 25.3 Å². The first kappa shape index (κ1) is 15.3. The van der Waals surface area contributed by atoms with E-state index in [1.54, 1.807) is 6.92 Å². The van der Waals surface area contributed by atoms with Gasteiger partial charge in [-0.3, -0.25) is 4.79 Å². The Hall–Kier alpha value is -1.73. The fourth-order valence-electron chi connectivity index (χ4n) is 1.52. The number of nitrogens with one attached hydrogen (secondary N) is 1. The lowest BCUT2D eigenvalue weighted by atomic mass is 10.0. The second-order valence-electron chi connectivity index (χ2n) is 4.48. The number of rotatable bonds is 5. The summed E-state index contributed by atoms with van der Waals surface area (Å²) in [4.78, 5) is 15.5. The van der Waals surface area contributed by atoms with E-state index in [0.717, 1.165) is 5.57 Å². The number of carbonyl (C=O) groups excluding carboxylic acids is 1. The van der Waals surface area contributed by atoms with Gasteiger partial charge in [-0.25, -0.2) is 18.5 Å². The summed E-state index contributed by atoms with van der Waals surface area (Å²) in [5, 5.41) is 7.31. The summed E-state index contributed by atoms with van der Waals surface area (Å²) in [5.74, 6) is -0.460. The van der Waals surface area contributed by atoms with Gasteiger partial charge in [-0.1, -0.05) is 12.5 Å². The molecule has 0 saturated carbocycles. The predicted octanol–water partition coefficient (Wildman–Crippen LogP) is 1.27. The molecule has 0 aliphatic heterocycles. The summed E-state index contributed by atoms with van der Waals surface area (Å²) in [7, 11) is -3.88. The number of allylic oxidation sites excluding steroid dienone is 1. The minimum Gasteiger partial charge on any atom is -0.326 e. The summed E-state index contributed by atoms with van der Waals surface area (Å²) < 4.78 is 22.3. The van der Waals surface area contributed by atoms with Crippen molar-refractivity contribution in [2.75, 3.05) is 5.32 Å². The lowest BCUT2D eigenvalue weighted by Crippen LogP contribution is -2.21. The fourth-order valence-corrected chi connectivity index (χ4v) is 2.02. The monoisotopic (exact) mass is 283 g/mol. The van der Waals surface area contributed by atoms with Crippen molar-refractivity contribution < 1.29 is 13.2 Å². The van der Waals surface area contributed by atoms with Crippen LogP contribution in [0.2, 0.25) is 0 Å². The van der Waals surface area contributed by atoms with Gasteiger partial charge in [0.05, 0.1) is 0 Å². The molecule has 7 heteroatoms. The third-order valence-electron chi connectivity index (χ3n) is 2.40. The number of carbonyl (C=O) groups is 1. The van der Waals surface area contributed by atoms with Crippen molar-refractivity contribution in [3.63, 3.8) is 0 Å². The van der Waals surface area contributed by atoms with Crippen LogP contribution < -0.4 is 10.5 Å². The van der Waals surface area contributed by atoms with Gasteiger partial charge < -0.3 is 5.32 Å². The molecule has 0 aromatic carbocycles. The normalized spacial score (nSPS) is 12.8. The van der Waals surface area contributed by atoms with Crippen molar-refractivity contribution in [3.05, 3.63) is 30.5 Å². The molecule has 0 spiro atoms. The molecule has 1 unspecified atom stereocenters. The minimum atomic E-state index is -3.88. The molecule has 19 heavy (non-hydrogen) atoms. The van der Waals surface area contributed by atoms with E-state index in [9.17, 15) is 13.2 Å². The van der Waals surface area contributed by atoms with Crippen molar-refractivity contribution in [1.29, 1.82) is 0 Å². The van der Waals surface area contributed by atoms with E-state index < -0.39 is 10.0 Å². The average molecular weight is 283 g/mol. The summed E-state index contributed by atoms with van der Waals surface area (Å²) in [6.07, 6.45) is 1.84. The summed E-state index contributed by atoms with van der Waals surface area (Å²) in [6.45, 7) is 7.36. The number of nitrogens with two attached hydrogens (primary N) is 1. The maximum atomic E-state index is 11.9. The molecule has 1 aromatic rings. The summed E-state index contributed by atoms with van der Waals surface area (Å²) in [6, 6.07) is 2.72. The van der Waals surface area contributed by atoms with Crippen LogP contribution in [0.5, 0.6) is 0 Å². The first-order chi connectivity index (χ1) is 8.70. The van der Waals surface area contributed by atoms with Crippen molar-refractivity contribution in [1.82, 2.24) is 4.98 Å². The molecule has 0 aliphatic rings. The molecule has 0 aliphatic carbocycles. The lowest BCUT2D eigenvalue weighted by Gasteiger charge is -2.12. The van der Waals surface area contributed by atoms with Crippen molar-refractivity contribution in [2.24, 2.45) is 11.1 Å². The number of anilines is 1. The van der Waals surface area contributed by atoms with Gasteiger partial charge in [-0.05, 0) is 19.4 Å². The third-order valence-corrected chi connectivity index (χ3v) is 3.20. The molecule has 1 amide bonds. The highest BCUT2D eigenvalue weighted by Gasteiger charge is 2.15. The van der Waals surface area contributed by atoms with Gasteiger partial charge in [0.2, 0.25) is 5.91 Å². The second-order valence-corrected chi connectivity index (χ2v) is 5.99. The zero-order valence-electron chi connectivity index (χ0n) is 10.9. The Morgan fingerprint density at radius 2 is 2.21 bits per heavy atom. The SMILES string of the molecule is C=C(C)CC(C)C(=O)Nc1ccnc(S(N)(=O)=O)c1. The quantitative estimate of drug-likeness (QED) is 0.794. The molecule has 6 nitrogen and oxygen atoms in total. The average Bonchev–Trinajstić information content (AvgIpc) is 2.27.